The second-order valence-corrected chi connectivity index (χ2v) is 6.67. The van der Waals surface area contributed by atoms with Crippen molar-refractivity contribution < 1.29 is 17.9 Å². The van der Waals surface area contributed by atoms with Crippen molar-refractivity contribution in [2.24, 2.45) is 0 Å². The van der Waals surface area contributed by atoms with Crippen LogP contribution in [0.3, 0.4) is 0 Å². The van der Waals surface area contributed by atoms with Gasteiger partial charge in [0.1, 0.15) is 0 Å². The number of nitrogens with one attached hydrogen (secondary N) is 1. The summed E-state index contributed by atoms with van der Waals surface area (Å²) < 4.78 is 32.2. The Kier molecular flexibility index (Phi) is 4.57. The van der Waals surface area contributed by atoms with E-state index in [9.17, 15) is 13.2 Å². The average Bonchev–Trinajstić information content (AvgIpc) is 2.41. The van der Waals surface area contributed by atoms with Crippen LogP contribution in [0.5, 0.6) is 0 Å². The van der Waals surface area contributed by atoms with Crippen LogP contribution in [0.1, 0.15) is 36.5 Å². The van der Waals surface area contributed by atoms with Crippen LogP contribution in [0.2, 0.25) is 0 Å². The maximum Gasteiger partial charge on any atom is 0.240 e. The lowest BCUT2D eigenvalue weighted by Crippen LogP contribution is -2.47. The van der Waals surface area contributed by atoms with Crippen LogP contribution in [0.25, 0.3) is 0 Å². The predicted molar refractivity (Wildman–Crippen MR) is 75.2 cm³/mol. The van der Waals surface area contributed by atoms with Crippen LogP contribution in [-0.2, 0) is 14.8 Å². The van der Waals surface area contributed by atoms with Crippen molar-refractivity contribution >= 4 is 15.8 Å². The lowest BCUT2D eigenvalue weighted by atomic mass is 9.90. The number of carbonyl (C=O) groups excluding carboxylic acids is 1. The highest BCUT2D eigenvalue weighted by Gasteiger charge is 2.32. The van der Waals surface area contributed by atoms with Gasteiger partial charge in [0.2, 0.25) is 10.0 Å². The maximum atomic E-state index is 12.2. The minimum atomic E-state index is -3.57. The highest BCUT2D eigenvalue weighted by Crippen LogP contribution is 2.24. The van der Waals surface area contributed by atoms with E-state index in [4.69, 9.17) is 4.74 Å². The first kappa shape index (κ1) is 15.2. The van der Waals surface area contributed by atoms with Crippen molar-refractivity contribution in [2.75, 3.05) is 7.11 Å². The molecule has 110 valence electrons. The van der Waals surface area contributed by atoms with Crippen LogP contribution in [0, 0.1) is 0 Å². The SMILES string of the molecule is CCC(=O)c1cccc(S(=O)(=O)NC2CC(OC)C2)c1. The van der Waals surface area contributed by atoms with Crippen LogP contribution >= 0.6 is 0 Å². The van der Waals surface area contributed by atoms with Gasteiger partial charge in [-0.1, -0.05) is 19.1 Å². The van der Waals surface area contributed by atoms with E-state index in [1.54, 1.807) is 26.2 Å². The Hall–Kier alpha value is -1.24. The van der Waals surface area contributed by atoms with E-state index in [-0.39, 0.29) is 22.8 Å². The Morgan fingerprint density at radius 1 is 1.40 bits per heavy atom. The van der Waals surface area contributed by atoms with E-state index >= 15 is 0 Å². The summed E-state index contributed by atoms with van der Waals surface area (Å²) in [6.45, 7) is 1.75. The van der Waals surface area contributed by atoms with E-state index in [0.717, 1.165) is 0 Å². The topological polar surface area (TPSA) is 72.5 Å². The van der Waals surface area contributed by atoms with Gasteiger partial charge >= 0.3 is 0 Å². The number of benzene rings is 1. The third-order valence-electron chi connectivity index (χ3n) is 3.54. The van der Waals surface area contributed by atoms with Crippen molar-refractivity contribution in [1.82, 2.24) is 4.72 Å². The lowest BCUT2D eigenvalue weighted by molar-refractivity contribution is 0.0236. The fraction of sp³-hybridized carbons (Fsp3) is 0.500. The van der Waals surface area contributed by atoms with E-state index < -0.39 is 10.0 Å². The fourth-order valence-electron chi connectivity index (χ4n) is 2.18. The van der Waals surface area contributed by atoms with Gasteiger partial charge in [-0.3, -0.25) is 4.79 Å². The molecule has 0 saturated heterocycles. The highest BCUT2D eigenvalue weighted by atomic mass is 32.2. The Bertz CT molecular complexity index is 591. The minimum absolute atomic E-state index is 0.0647. The van der Waals surface area contributed by atoms with Gasteiger partial charge in [-0.25, -0.2) is 13.1 Å². The van der Waals surface area contributed by atoms with Crippen LogP contribution in [0.4, 0.5) is 0 Å². The van der Waals surface area contributed by atoms with Gasteiger partial charge in [0.25, 0.3) is 0 Å². The molecule has 6 heteroatoms. The number of hydrogen-bond donors (Lipinski definition) is 1. The van der Waals surface area contributed by atoms with Gasteiger partial charge in [-0.15, -0.1) is 0 Å². The number of ketones is 1. The zero-order chi connectivity index (χ0) is 14.8. The van der Waals surface area contributed by atoms with E-state index in [1.807, 2.05) is 0 Å². The Labute approximate surface area is 119 Å². The summed E-state index contributed by atoms with van der Waals surface area (Å²) in [6, 6.07) is 6.07. The van der Waals surface area contributed by atoms with Crippen LogP contribution in [-0.4, -0.2) is 33.5 Å². The highest BCUT2D eigenvalue weighted by molar-refractivity contribution is 7.89. The molecule has 1 fully saturated rings. The molecule has 20 heavy (non-hydrogen) atoms. The number of ether oxygens (including phenoxy) is 1. The van der Waals surface area contributed by atoms with Crippen LogP contribution < -0.4 is 4.72 Å². The molecule has 0 radical (unpaired) electrons. The number of Topliss-reactive ketones (excluding diaryl/α,β-unsaturated/α-hetero) is 1. The molecule has 1 aliphatic carbocycles. The van der Waals surface area contributed by atoms with Gasteiger partial charge in [0.15, 0.2) is 5.78 Å². The second kappa shape index (κ2) is 6.03. The second-order valence-electron chi connectivity index (χ2n) is 4.95. The molecule has 0 atom stereocenters. The van der Waals surface area contributed by atoms with Crippen molar-refractivity contribution in [3.8, 4) is 0 Å². The molecule has 1 N–H and O–H groups in total. The van der Waals surface area contributed by atoms with Crippen molar-refractivity contribution in [2.45, 2.75) is 43.2 Å². The standard InChI is InChI=1S/C14H19NO4S/c1-3-14(16)10-5-4-6-13(7-10)20(17,18)15-11-8-12(9-11)19-2/h4-7,11-12,15H,3,8-9H2,1-2H3. The van der Waals surface area contributed by atoms with E-state index in [2.05, 4.69) is 4.72 Å². The summed E-state index contributed by atoms with van der Waals surface area (Å²) in [5.41, 5.74) is 0.429. The quantitative estimate of drug-likeness (QED) is 0.812. The van der Waals surface area contributed by atoms with Crippen molar-refractivity contribution in [3.63, 3.8) is 0 Å². The third-order valence-corrected chi connectivity index (χ3v) is 5.06. The van der Waals surface area contributed by atoms with Crippen molar-refractivity contribution in [3.05, 3.63) is 29.8 Å². The summed E-state index contributed by atoms with van der Waals surface area (Å²) in [5, 5.41) is 0. The number of carbonyl (C=O) groups is 1. The smallest absolute Gasteiger partial charge is 0.240 e. The first-order chi connectivity index (χ1) is 9.46. The number of rotatable bonds is 6. The summed E-state index contributed by atoms with van der Waals surface area (Å²) in [4.78, 5) is 11.8. The molecule has 5 nitrogen and oxygen atoms in total. The van der Waals surface area contributed by atoms with Gasteiger partial charge < -0.3 is 4.74 Å². The largest absolute Gasteiger partial charge is 0.381 e. The van der Waals surface area contributed by atoms with E-state index in [1.165, 1.54) is 12.1 Å². The normalized spacial score (nSPS) is 22.3. The Morgan fingerprint density at radius 3 is 2.70 bits per heavy atom. The average molecular weight is 297 g/mol. The molecule has 0 heterocycles. The maximum absolute atomic E-state index is 12.2. The summed E-state index contributed by atoms with van der Waals surface area (Å²) in [5.74, 6) is -0.0647. The lowest BCUT2D eigenvalue weighted by Gasteiger charge is -2.34. The first-order valence-corrected chi connectivity index (χ1v) is 8.13. The molecule has 0 spiro atoms. The van der Waals surface area contributed by atoms with Gasteiger partial charge in [0, 0.05) is 25.1 Å². The molecule has 2 rings (SSSR count). The Balaban J connectivity index is 2.12. The zero-order valence-electron chi connectivity index (χ0n) is 11.6. The molecular weight excluding hydrogens is 278 g/mol. The van der Waals surface area contributed by atoms with Gasteiger partial charge in [0.05, 0.1) is 11.0 Å². The predicted octanol–water partition coefficient (Wildman–Crippen LogP) is 1.74. The third kappa shape index (κ3) is 3.26. The Morgan fingerprint density at radius 2 is 2.10 bits per heavy atom. The summed E-state index contributed by atoms with van der Waals surface area (Å²) in [6.07, 6.45) is 1.86. The molecule has 0 amide bonds. The number of methoxy groups -OCH3 is 1. The van der Waals surface area contributed by atoms with Gasteiger partial charge in [-0.2, -0.15) is 0 Å². The zero-order valence-corrected chi connectivity index (χ0v) is 12.4. The van der Waals surface area contributed by atoms with Crippen LogP contribution in [0.15, 0.2) is 29.2 Å². The monoisotopic (exact) mass is 297 g/mol. The number of hydrogen-bond acceptors (Lipinski definition) is 4. The molecule has 1 aromatic carbocycles. The van der Waals surface area contributed by atoms with Crippen molar-refractivity contribution in [1.29, 1.82) is 0 Å². The molecular formula is C14H19NO4S. The molecule has 0 unspecified atom stereocenters. The molecule has 1 saturated carbocycles. The summed E-state index contributed by atoms with van der Waals surface area (Å²) >= 11 is 0. The minimum Gasteiger partial charge on any atom is -0.381 e. The van der Waals surface area contributed by atoms with E-state index in [0.29, 0.717) is 24.8 Å². The molecule has 1 aliphatic rings. The van der Waals surface area contributed by atoms with Gasteiger partial charge in [-0.05, 0) is 25.0 Å². The molecule has 0 aromatic heterocycles. The molecule has 0 bridgehead atoms. The first-order valence-electron chi connectivity index (χ1n) is 6.64. The fourth-order valence-corrected chi connectivity index (χ4v) is 3.49. The molecule has 1 aromatic rings. The molecule has 0 aliphatic heterocycles. The number of sulfonamides is 1. The summed E-state index contributed by atoms with van der Waals surface area (Å²) in [7, 11) is -1.95.